The number of rotatable bonds is 2. The molecule has 0 fully saturated rings. The lowest BCUT2D eigenvalue weighted by molar-refractivity contribution is -0.143. The number of carboxylic acid groups (broad SMARTS) is 1. The zero-order valence-corrected chi connectivity index (χ0v) is 11.4. The minimum absolute atomic E-state index is 0.104. The molecule has 0 aliphatic carbocycles. The van der Waals surface area contributed by atoms with Gasteiger partial charge >= 0.3 is 5.97 Å². The monoisotopic (exact) mass is 293 g/mol. The van der Waals surface area contributed by atoms with Gasteiger partial charge in [-0.2, -0.15) is 4.98 Å². The second kappa shape index (κ2) is 4.71. The van der Waals surface area contributed by atoms with Crippen molar-refractivity contribution in [2.75, 3.05) is 6.54 Å². The molecule has 2 aromatic heterocycles. The van der Waals surface area contributed by atoms with E-state index in [1.165, 1.54) is 16.2 Å². The Morgan fingerprint density at radius 3 is 3.00 bits per heavy atom. The number of carboxylic acids is 1. The summed E-state index contributed by atoms with van der Waals surface area (Å²) >= 11 is 1.51. The molecular weight excluding hydrogens is 282 g/mol. The fourth-order valence-corrected chi connectivity index (χ4v) is 3.22. The zero-order valence-electron chi connectivity index (χ0n) is 10.6. The molecular formula is C12H11N3O4S. The summed E-state index contributed by atoms with van der Waals surface area (Å²) in [4.78, 5) is 30.0. The van der Waals surface area contributed by atoms with Crippen LogP contribution in [0.15, 0.2) is 16.0 Å². The third-order valence-corrected chi connectivity index (χ3v) is 4.18. The quantitative estimate of drug-likeness (QED) is 0.895. The molecule has 1 aliphatic heterocycles. The maximum Gasteiger partial charge on any atom is 0.331 e. The molecule has 0 radical (unpaired) electrons. The first-order valence-corrected chi connectivity index (χ1v) is 6.86. The van der Waals surface area contributed by atoms with E-state index in [1.54, 1.807) is 13.0 Å². The lowest BCUT2D eigenvalue weighted by Crippen LogP contribution is -2.43. The molecule has 3 rings (SSSR count). The van der Waals surface area contributed by atoms with Crippen molar-refractivity contribution in [3.63, 3.8) is 0 Å². The van der Waals surface area contributed by atoms with Gasteiger partial charge in [-0.1, -0.05) is 5.16 Å². The SMILES string of the molecule is Cc1nc(C(=O)N2CCc3sccc3C2C(=O)O)no1. The number of carbonyl (C=O) groups excluding carboxylic acids is 1. The first kappa shape index (κ1) is 12.8. The van der Waals surface area contributed by atoms with E-state index in [9.17, 15) is 14.7 Å². The van der Waals surface area contributed by atoms with Crippen LogP contribution in [0.3, 0.4) is 0 Å². The molecule has 0 saturated heterocycles. The van der Waals surface area contributed by atoms with E-state index in [1.807, 2.05) is 5.38 Å². The summed E-state index contributed by atoms with van der Waals surface area (Å²) in [5, 5.41) is 14.8. The molecule has 0 aromatic carbocycles. The van der Waals surface area contributed by atoms with Gasteiger partial charge in [-0.25, -0.2) is 4.79 Å². The summed E-state index contributed by atoms with van der Waals surface area (Å²) in [6, 6.07) is 0.760. The summed E-state index contributed by atoms with van der Waals surface area (Å²) in [6.45, 7) is 1.91. The lowest BCUT2D eigenvalue weighted by atomic mass is 10.00. The van der Waals surface area contributed by atoms with Crippen LogP contribution >= 0.6 is 11.3 Å². The average molecular weight is 293 g/mol. The van der Waals surface area contributed by atoms with Crippen LogP contribution in [-0.2, 0) is 11.2 Å². The number of hydrogen-bond donors (Lipinski definition) is 1. The van der Waals surface area contributed by atoms with E-state index in [0.29, 0.717) is 18.5 Å². The third-order valence-electron chi connectivity index (χ3n) is 3.18. The summed E-state index contributed by atoms with van der Waals surface area (Å²) in [6.07, 6.45) is 0.638. The lowest BCUT2D eigenvalue weighted by Gasteiger charge is -2.32. The van der Waals surface area contributed by atoms with E-state index in [-0.39, 0.29) is 11.7 Å². The van der Waals surface area contributed by atoms with Crippen molar-refractivity contribution in [2.24, 2.45) is 0 Å². The van der Waals surface area contributed by atoms with Crippen LogP contribution in [-0.4, -0.2) is 38.6 Å². The maximum absolute atomic E-state index is 12.3. The van der Waals surface area contributed by atoms with Gasteiger partial charge in [0.1, 0.15) is 0 Å². The molecule has 104 valence electrons. The first-order valence-electron chi connectivity index (χ1n) is 5.98. The van der Waals surface area contributed by atoms with Gasteiger partial charge in [-0.05, 0) is 23.4 Å². The van der Waals surface area contributed by atoms with Gasteiger partial charge < -0.3 is 14.5 Å². The molecule has 1 unspecified atom stereocenters. The maximum atomic E-state index is 12.3. The molecule has 0 saturated carbocycles. The van der Waals surface area contributed by atoms with Crippen LogP contribution in [0.25, 0.3) is 0 Å². The molecule has 8 heteroatoms. The largest absolute Gasteiger partial charge is 0.479 e. The van der Waals surface area contributed by atoms with Gasteiger partial charge in [-0.3, -0.25) is 4.79 Å². The Hall–Kier alpha value is -2.22. The topological polar surface area (TPSA) is 96.5 Å². The van der Waals surface area contributed by atoms with Crippen molar-refractivity contribution in [2.45, 2.75) is 19.4 Å². The van der Waals surface area contributed by atoms with Gasteiger partial charge in [0, 0.05) is 18.3 Å². The van der Waals surface area contributed by atoms with Crippen LogP contribution in [0, 0.1) is 6.92 Å². The number of aryl methyl sites for hydroxylation is 1. The Bertz CT molecular complexity index is 678. The molecule has 1 atom stereocenters. The van der Waals surface area contributed by atoms with Crippen molar-refractivity contribution < 1.29 is 19.2 Å². The summed E-state index contributed by atoms with van der Waals surface area (Å²) in [5.41, 5.74) is 0.669. The predicted octanol–water partition coefficient (Wildman–Crippen LogP) is 1.26. The molecule has 1 aliphatic rings. The zero-order chi connectivity index (χ0) is 14.3. The van der Waals surface area contributed by atoms with Crippen molar-refractivity contribution >= 4 is 23.2 Å². The fraction of sp³-hybridized carbons (Fsp3) is 0.333. The second-order valence-electron chi connectivity index (χ2n) is 4.43. The standard InChI is InChI=1S/C12H11N3O4S/c1-6-13-10(14-19-6)11(16)15-4-2-8-7(3-5-20-8)9(15)12(17)18/h3,5,9H,2,4H2,1H3,(H,17,18). The van der Waals surface area contributed by atoms with Gasteiger partial charge in [0.25, 0.3) is 11.7 Å². The number of nitrogens with zero attached hydrogens (tertiary/aromatic N) is 3. The van der Waals surface area contributed by atoms with Crippen molar-refractivity contribution in [1.29, 1.82) is 0 Å². The Morgan fingerprint density at radius 1 is 1.55 bits per heavy atom. The Labute approximate surface area is 117 Å². The number of amides is 1. The molecule has 1 amide bonds. The molecule has 0 spiro atoms. The molecule has 0 bridgehead atoms. The van der Waals surface area contributed by atoms with Crippen LogP contribution in [0.2, 0.25) is 0 Å². The molecule has 3 heterocycles. The van der Waals surface area contributed by atoms with Crippen LogP contribution < -0.4 is 0 Å². The van der Waals surface area contributed by atoms with Gasteiger partial charge in [0.2, 0.25) is 5.89 Å². The number of aromatic nitrogens is 2. The van der Waals surface area contributed by atoms with Crippen LogP contribution in [0.4, 0.5) is 0 Å². The van der Waals surface area contributed by atoms with Gasteiger partial charge in [0.15, 0.2) is 6.04 Å². The molecule has 1 N–H and O–H groups in total. The van der Waals surface area contributed by atoms with Gasteiger partial charge in [-0.15, -0.1) is 11.3 Å². The smallest absolute Gasteiger partial charge is 0.331 e. The highest BCUT2D eigenvalue weighted by atomic mass is 32.1. The minimum Gasteiger partial charge on any atom is -0.479 e. The average Bonchev–Trinajstić information content (AvgIpc) is 3.04. The van der Waals surface area contributed by atoms with E-state index in [2.05, 4.69) is 10.1 Å². The fourth-order valence-electron chi connectivity index (χ4n) is 2.32. The van der Waals surface area contributed by atoms with E-state index in [4.69, 9.17) is 4.52 Å². The number of hydrogen-bond acceptors (Lipinski definition) is 6. The van der Waals surface area contributed by atoms with Crippen molar-refractivity contribution in [3.05, 3.63) is 33.6 Å². The summed E-state index contributed by atoms with van der Waals surface area (Å²) in [5.74, 6) is -1.41. The number of aliphatic carboxylic acids is 1. The predicted molar refractivity (Wildman–Crippen MR) is 68.5 cm³/mol. The molecule has 20 heavy (non-hydrogen) atoms. The van der Waals surface area contributed by atoms with Gasteiger partial charge in [0.05, 0.1) is 0 Å². The first-order chi connectivity index (χ1) is 9.58. The second-order valence-corrected chi connectivity index (χ2v) is 5.43. The highest BCUT2D eigenvalue weighted by molar-refractivity contribution is 7.10. The number of carbonyl (C=O) groups is 2. The number of fused-ring (bicyclic) bond motifs is 1. The van der Waals surface area contributed by atoms with Crippen molar-refractivity contribution in [1.82, 2.24) is 15.0 Å². The third kappa shape index (κ3) is 1.97. The number of thiophene rings is 1. The summed E-state index contributed by atoms with van der Waals surface area (Å²) < 4.78 is 4.77. The van der Waals surface area contributed by atoms with Crippen molar-refractivity contribution in [3.8, 4) is 0 Å². The minimum atomic E-state index is -1.06. The summed E-state index contributed by atoms with van der Waals surface area (Å²) in [7, 11) is 0. The normalized spacial score (nSPS) is 17.9. The highest BCUT2D eigenvalue weighted by Gasteiger charge is 2.38. The Morgan fingerprint density at radius 2 is 2.35 bits per heavy atom. The van der Waals surface area contributed by atoms with E-state index >= 15 is 0 Å². The van der Waals surface area contributed by atoms with Crippen LogP contribution in [0.1, 0.15) is 33.0 Å². The Balaban J connectivity index is 1.97. The highest BCUT2D eigenvalue weighted by Crippen LogP contribution is 2.34. The van der Waals surface area contributed by atoms with E-state index < -0.39 is 17.9 Å². The molecule has 2 aromatic rings. The molecule has 7 nitrogen and oxygen atoms in total. The van der Waals surface area contributed by atoms with Crippen LogP contribution in [0.5, 0.6) is 0 Å². The Kier molecular flexibility index (Phi) is 3.01. The van der Waals surface area contributed by atoms with E-state index in [0.717, 1.165) is 4.88 Å².